The Balaban J connectivity index is 1.99. The van der Waals surface area contributed by atoms with Gasteiger partial charge in [0.1, 0.15) is 19.2 Å². The molecule has 4 atom stereocenters. The number of hydrogen-bond acceptors (Lipinski definition) is 15. The molecule has 0 unspecified atom stereocenters. The molecule has 3 rings (SSSR count). The predicted molar refractivity (Wildman–Crippen MR) is 94.2 cm³/mol. The molecule has 10 N–H and O–H groups in total. The van der Waals surface area contributed by atoms with Crippen LogP contribution in [0, 0.1) is 5.21 Å². The summed E-state index contributed by atoms with van der Waals surface area (Å²) < 4.78 is 71.0. The number of hydroxylamine groups is 1. The topological polar surface area (TPSA) is 302 Å². The summed E-state index contributed by atoms with van der Waals surface area (Å²) in [7, 11) is -10.2. The molecular weight excluding hydrogens is 474 g/mol. The summed E-state index contributed by atoms with van der Waals surface area (Å²) in [6.07, 6.45) is -3.78. The van der Waals surface area contributed by atoms with E-state index in [-0.39, 0.29) is 4.74 Å². The van der Waals surface area contributed by atoms with E-state index in [0.29, 0.717) is 0 Å². The molecule has 0 aromatic rings. The van der Waals surface area contributed by atoms with Crippen molar-refractivity contribution in [1.82, 2.24) is 14.9 Å². The van der Waals surface area contributed by atoms with Crippen molar-refractivity contribution in [2.24, 2.45) is 16.5 Å². The number of nitrogens with zero attached hydrogens (tertiary/aromatic N) is 3. The molecule has 0 saturated carbocycles. The van der Waals surface area contributed by atoms with Crippen molar-refractivity contribution in [3.8, 4) is 0 Å². The van der Waals surface area contributed by atoms with Crippen LogP contribution < -0.4 is 21.5 Å². The highest BCUT2D eigenvalue weighted by Gasteiger charge is 2.78. The number of ether oxygens (including phenoxy) is 1. The predicted octanol–water partition coefficient (Wildman–Crippen LogP) is -6.11. The summed E-state index contributed by atoms with van der Waals surface area (Å²) in [4.78, 5) is 16.1. The van der Waals surface area contributed by atoms with Gasteiger partial charge in [-0.15, -0.1) is 0 Å². The van der Waals surface area contributed by atoms with Crippen molar-refractivity contribution >= 4 is 38.7 Å². The second kappa shape index (κ2) is 6.91. The molecule has 0 aliphatic carbocycles. The first-order valence-electron chi connectivity index (χ1n) is 8.00. The van der Waals surface area contributed by atoms with E-state index in [1.165, 1.54) is 0 Å². The highest BCUT2D eigenvalue weighted by atomic mass is 32.3. The van der Waals surface area contributed by atoms with Crippen LogP contribution in [0.2, 0.25) is 0 Å². The molecule has 0 aromatic carbocycles. The third-order valence-electron chi connectivity index (χ3n) is 4.81. The lowest BCUT2D eigenvalue weighted by molar-refractivity contribution is -0.529. The van der Waals surface area contributed by atoms with Gasteiger partial charge in [-0.2, -0.15) is 21.6 Å². The molecule has 1 amide bonds. The first kappa shape index (κ1) is 23.0. The fraction of sp³-hybridized carbons (Fsp3) is 0.700. The van der Waals surface area contributed by atoms with E-state index in [9.17, 15) is 37.1 Å². The molecule has 21 heteroatoms. The molecule has 0 bridgehead atoms. The maximum absolute atomic E-state index is 12.6. The third kappa shape index (κ3) is 3.75. The van der Waals surface area contributed by atoms with Gasteiger partial charge in [0, 0.05) is 0 Å². The van der Waals surface area contributed by atoms with E-state index in [4.69, 9.17) is 20.6 Å². The number of carbonyl (C=O) groups is 1. The minimum atomic E-state index is -5.19. The Morgan fingerprint density at radius 2 is 1.97 bits per heavy atom. The van der Waals surface area contributed by atoms with Crippen molar-refractivity contribution in [3.63, 3.8) is 0 Å². The van der Waals surface area contributed by atoms with Gasteiger partial charge >= 0.3 is 32.8 Å². The first-order chi connectivity index (χ1) is 14.0. The van der Waals surface area contributed by atoms with Crippen LogP contribution in [-0.2, 0) is 29.6 Å². The number of rotatable bonds is 5. The summed E-state index contributed by atoms with van der Waals surface area (Å²) in [5.74, 6) is -4.41. The number of nitrogens with two attached hydrogens (primary N) is 2. The van der Waals surface area contributed by atoms with E-state index in [2.05, 4.69) is 19.2 Å². The molecule has 3 aliphatic heterocycles. The average molecular weight is 491 g/mol. The number of aliphatic imine (C=N–C) groups is 1. The molecular formula is C10H17N7O12S2. The molecule has 0 radical (unpaired) electrons. The average Bonchev–Trinajstić information content (AvgIpc) is 3.02. The number of nitrogens with one attached hydrogen (secondary N) is 2. The van der Waals surface area contributed by atoms with Crippen LogP contribution in [0.3, 0.4) is 0 Å². The maximum atomic E-state index is 12.6. The number of aliphatic hydroxyl groups is 2. The summed E-state index contributed by atoms with van der Waals surface area (Å²) >= 11 is 0. The Morgan fingerprint density at radius 1 is 1.35 bits per heavy atom. The molecule has 3 heterocycles. The zero-order valence-electron chi connectivity index (χ0n) is 15.0. The van der Waals surface area contributed by atoms with Gasteiger partial charge in [0.2, 0.25) is 5.66 Å². The minimum Gasteiger partial charge on any atom is -0.744 e. The standard InChI is InChI=1S/C10H17N7O12S2/c11-6-13-5-3(2-28-8(18)15-30(22,23)24)17(21)7(12)16-1-4(29-31(25,26)27)10(19,20)9(5,16)14-6/h3-5,19-20H,1-2,12H2,(H,15,18)(H3,11,13,14)(H,22,23,24)(H,25,26,27)/t3-,4-,5-,9-/m0/s1. The van der Waals surface area contributed by atoms with Crippen LogP contribution >= 0.6 is 0 Å². The second-order valence-electron chi connectivity index (χ2n) is 6.63. The fourth-order valence-electron chi connectivity index (χ4n) is 3.72. The van der Waals surface area contributed by atoms with Crippen molar-refractivity contribution < 1.29 is 54.6 Å². The number of amides is 1. The highest BCUT2D eigenvalue weighted by molar-refractivity contribution is 7.84. The van der Waals surface area contributed by atoms with E-state index < -0.39 is 81.5 Å². The smallest absolute Gasteiger partial charge is 0.422 e. The SMILES string of the molecule is NC1=N[C@H]2[C@H](COC(=O)NS(=O)(=O)O)[N+]([O-])=C(N)N3C[C@H](OS(=O)(=O)O)C(O)(O)[C@]23N1. The van der Waals surface area contributed by atoms with Crippen molar-refractivity contribution in [2.45, 2.75) is 29.6 Å². The Bertz CT molecular complexity index is 1070. The van der Waals surface area contributed by atoms with Crippen molar-refractivity contribution in [1.29, 1.82) is 0 Å². The summed E-state index contributed by atoms with van der Waals surface area (Å²) in [5, 5.41) is 36.5. The monoisotopic (exact) mass is 491 g/mol. The van der Waals surface area contributed by atoms with Crippen LogP contribution in [0.4, 0.5) is 4.79 Å². The van der Waals surface area contributed by atoms with E-state index >= 15 is 0 Å². The third-order valence-corrected chi connectivity index (χ3v) is 5.71. The molecule has 1 fully saturated rings. The van der Waals surface area contributed by atoms with Crippen LogP contribution in [-0.4, -0.2) is 107 Å². The lowest BCUT2D eigenvalue weighted by Crippen LogP contribution is -2.79. The van der Waals surface area contributed by atoms with Crippen LogP contribution in [0.15, 0.2) is 4.99 Å². The van der Waals surface area contributed by atoms with Gasteiger partial charge in [-0.25, -0.2) is 18.9 Å². The van der Waals surface area contributed by atoms with Gasteiger partial charge in [-0.1, -0.05) is 0 Å². The lowest BCUT2D eigenvalue weighted by atomic mass is 9.86. The molecule has 31 heavy (non-hydrogen) atoms. The van der Waals surface area contributed by atoms with Gasteiger partial charge < -0.3 is 31.2 Å². The molecule has 1 saturated heterocycles. The van der Waals surface area contributed by atoms with E-state index in [1.54, 1.807) is 0 Å². The summed E-state index contributed by atoms with van der Waals surface area (Å²) in [6.45, 7) is -1.70. The summed E-state index contributed by atoms with van der Waals surface area (Å²) in [5.41, 5.74) is 9.04. The van der Waals surface area contributed by atoms with Gasteiger partial charge in [0.25, 0.3) is 5.79 Å². The second-order valence-corrected chi connectivity index (χ2v) is 8.83. The number of guanidine groups is 2. The van der Waals surface area contributed by atoms with Crippen molar-refractivity contribution in [2.75, 3.05) is 13.2 Å². The van der Waals surface area contributed by atoms with Crippen LogP contribution in [0.1, 0.15) is 0 Å². The zero-order valence-corrected chi connectivity index (χ0v) is 16.6. The van der Waals surface area contributed by atoms with Gasteiger partial charge in [0.05, 0.1) is 0 Å². The lowest BCUT2D eigenvalue weighted by Gasteiger charge is -2.47. The quantitative estimate of drug-likeness (QED) is 0.0767. The van der Waals surface area contributed by atoms with Crippen LogP contribution in [0.25, 0.3) is 0 Å². The Morgan fingerprint density at radius 3 is 2.52 bits per heavy atom. The fourth-order valence-corrected chi connectivity index (χ4v) is 4.48. The Labute approximate surface area is 173 Å². The largest absolute Gasteiger partial charge is 0.744 e. The van der Waals surface area contributed by atoms with Gasteiger partial charge in [-0.05, 0) is 0 Å². The molecule has 19 nitrogen and oxygen atoms in total. The van der Waals surface area contributed by atoms with Gasteiger partial charge in [0.15, 0.2) is 18.1 Å². The van der Waals surface area contributed by atoms with Gasteiger partial charge in [-0.3, -0.25) is 19.6 Å². The van der Waals surface area contributed by atoms with Crippen LogP contribution in [0.5, 0.6) is 0 Å². The maximum Gasteiger partial charge on any atom is 0.422 e. The number of carbonyl (C=O) groups excluding carboxylic acids is 1. The highest BCUT2D eigenvalue weighted by Crippen LogP contribution is 2.45. The van der Waals surface area contributed by atoms with E-state index in [1.807, 2.05) is 0 Å². The molecule has 1 spiro atoms. The molecule has 3 aliphatic rings. The number of hydrogen-bond donors (Lipinski definition) is 8. The first-order valence-corrected chi connectivity index (χ1v) is 10.8. The Kier molecular flexibility index (Phi) is 5.12. The Hall–Kier alpha value is -2.69. The zero-order chi connectivity index (χ0) is 23.6. The molecule has 0 aromatic heterocycles. The molecule has 176 valence electrons. The van der Waals surface area contributed by atoms with E-state index in [0.717, 1.165) is 9.62 Å². The summed E-state index contributed by atoms with van der Waals surface area (Å²) in [6, 6.07) is -3.26. The van der Waals surface area contributed by atoms with Crippen molar-refractivity contribution in [3.05, 3.63) is 5.21 Å². The normalized spacial score (nSPS) is 32.1. The minimum absolute atomic E-state index is 0.0271.